The molecule has 0 radical (unpaired) electrons. The monoisotopic (exact) mass is 444 g/mol. The number of carbonyl (C=O) groups is 1. The molecule has 0 N–H and O–H groups in total. The molecule has 1 aromatic carbocycles. The minimum atomic E-state index is -0.118. The quantitative estimate of drug-likeness (QED) is 0.679. The fourth-order valence-corrected chi connectivity index (χ4v) is 5.06. The number of benzene rings is 1. The van der Waals surface area contributed by atoms with E-state index in [1.807, 2.05) is 43.3 Å². The van der Waals surface area contributed by atoms with Gasteiger partial charge in [0.1, 0.15) is 6.10 Å². The van der Waals surface area contributed by atoms with Crippen LogP contribution in [0.3, 0.4) is 0 Å². The van der Waals surface area contributed by atoms with Crippen LogP contribution in [0.1, 0.15) is 42.4 Å². The molecule has 3 heterocycles. The highest BCUT2D eigenvalue weighted by atomic mass is 35.5. The topological polar surface area (TPSA) is 41.0 Å². The van der Waals surface area contributed by atoms with Crippen molar-refractivity contribution in [1.82, 2.24) is 14.4 Å². The van der Waals surface area contributed by atoms with Gasteiger partial charge in [-0.15, -0.1) is 0 Å². The minimum absolute atomic E-state index is 0.118. The number of anilines is 1. The third-order valence-electron chi connectivity index (χ3n) is 6.48. The predicted molar refractivity (Wildman–Crippen MR) is 125 cm³/mol. The van der Waals surface area contributed by atoms with E-state index in [-0.39, 0.29) is 18.1 Å². The zero-order chi connectivity index (χ0) is 22.0. The van der Waals surface area contributed by atoms with Crippen LogP contribution in [0.2, 0.25) is 5.02 Å². The second kappa shape index (κ2) is 9.63. The molecule has 0 aliphatic carbocycles. The summed E-state index contributed by atoms with van der Waals surface area (Å²) in [7, 11) is 2.02. The van der Waals surface area contributed by atoms with Crippen LogP contribution in [0.4, 0.5) is 5.69 Å². The highest BCUT2D eigenvalue weighted by Crippen LogP contribution is 2.34. The molecule has 6 nitrogen and oxygen atoms in total. The first kappa shape index (κ1) is 22.2. The molecule has 0 saturated carbocycles. The number of hydrogen-bond acceptors (Lipinski definition) is 4. The lowest BCUT2D eigenvalue weighted by Gasteiger charge is -2.43. The van der Waals surface area contributed by atoms with Crippen LogP contribution in [0, 0.1) is 0 Å². The third kappa shape index (κ3) is 4.47. The first-order valence-corrected chi connectivity index (χ1v) is 11.7. The first-order valence-electron chi connectivity index (χ1n) is 11.3. The Labute approximate surface area is 190 Å². The Morgan fingerprint density at radius 2 is 1.77 bits per heavy atom. The second-order valence-electron chi connectivity index (χ2n) is 8.42. The van der Waals surface area contributed by atoms with Crippen molar-refractivity contribution in [3.05, 3.63) is 52.8 Å². The number of ether oxygens (including phenoxy) is 1. The van der Waals surface area contributed by atoms with Gasteiger partial charge in [-0.2, -0.15) is 0 Å². The molecule has 2 aliphatic heterocycles. The number of aryl methyl sites for hydroxylation is 1. The van der Waals surface area contributed by atoms with Gasteiger partial charge < -0.3 is 19.1 Å². The lowest BCUT2D eigenvalue weighted by Crippen LogP contribution is -2.55. The Balaban J connectivity index is 1.58. The van der Waals surface area contributed by atoms with Crippen LogP contribution in [-0.4, -0.2) is 72.2 Å². The van der Waals surface area contributed by atoms with E-state index in [9.17, 15) is 4.79 Å². The maximum Gasteiger partial charge on any atom is 0.255 e. The van der Waals surface area contributed by atoms with Crippen molar-refractivity contribution in [3.8, 4) is 0 Å². The lowest BCUT2D eigenvalue weighted by molar-refractivity contribution is -0.0233. The average molecular weight is 445 g/mol. The SMILES string of the molecule is CCCN1CC(N2CCN(c3ccc(Cl)cc3)CC2)C(OCC)c2c(ccn2C)C1=O. The maximum absolute atomic E-state index is 13.3. The first-order chi connectivity index (χ1) is 15.0. The molecule has 7 heteroatoms. The maximum atomic E-state index is 13.3. The number of piperazine rings is 1. The van der Waals surface area contributed by atoms with Gasteiger partial charge in [0.2, 0.25) is 0 Å². The number of halogens is 1. The highest BCUT2D eigenvalue weighted by Gasteiger charge is 2.40. The molecule has 2 aliphatic rings. The summed E-state index contributed by atoms with van der Waals surface area (Å²) >= 11 is 6.06. The van der Waals surface area contributed by atoms with E-state index in [0.717, 1.165) is 55.4 Å². The van der Waals surface area contributed by atoms with E-state index >= 15 is 0 Å². The summed E-state index contributed by atoms with van der Waals surface area (Å²) in [6.07, 6.45) is 2.82. The molecule has 168 valence electrons. The number of amides is 1. The Morgan fingerprint density at radius 3 is 2.42 bits per heavy atom. The fourth-order valence-electron chi connectivity index (χ4n) is 4.94. The molecule has 0 spiro atoms. The number of nitrogens with zero attached hydrogens (tertiary/aromatic N) is 4. The minimum Gasteiger partial charge on any atom is -0.371 e. The van der Waals surface area contributed by atoms with Crippen molar-refractivity contribution in [2.24, 2.45) is 7.05 Å². The Bertz CT molecular complexity index is 889. The molecular formula is C24H33ClN4O2. The van der Waals surface area contributed by atoms with Crippen molar-refractivity contribution in [1.29, 1.82) is 0 Å². The molecule has 31 heavy (non-hydrogen) atoms. The molecule has 1 fully saturated rings. The number of hydrogen-bond donors (Lipinski definition) is 0. The summed E-state index contributed by atoms with van der Waals surface area (Å²) < 4.78 is 8.39. The van der Waals surface area contributed by atoms with E-state index in [1.165, 1.54) is 5.69 Å². The van der Waals surface area contributed by atoms with E-state index in [0.29, 0.717) is 13.2 Å². The molecule has 2 atom stereocenters. The fraction of sp³-hybridized carbons (Fsp3) is 0.542. The van der Waals surface area contributed by atoms with Crippen LogP contribution >= 0.6 is 11.6 Å². The highest BCUT2D eigenvalue weighted by molar-refractivity contribution is 6.30. The molecule has 0 bridgehead atoms. The summed E-state index contributed by atoms with van der Waals surface area (Å²) in [4.78, 5) is 20.2. The molecule has 1 aromatic heterocycles. The van der Waals surface area contributed by atoms with Gasteiger partial charge in [0.25, 0.3) is 5.91 Å². The smallest absolute Gasteiger partial charge is 0.255 e. The largest absolute Gasteiger partial charge is 0.371 e. The van der Waals surface area contributed by atoms with Gasteiger partial charge in [0.15, 0.2) is 0 Å². The predicted octanol–water partition coefficient (Wildman–Crippen LogP) is 3.81. The second-order valence-corrected chi connectivity index (χ2v) is 8.86. The van der Waals surface area contributed by atoms with Gasteiger partial charge in [-0.25, -0.2) is 0 Å². The summed E-state index contributed by atoms with van der Waals surface area (Å²) in [5.41, 5.74) is 3.01. The summed E-state index contributed by atoms with van der Waals surface area (Å²) in [6.45, 7) is 10.0. The van der Waals surface area contributed by atoms with Crippen LogP contribution in [0.25, 0.3) is 0 Å². The molecular weight excluding hydrogens is 412 g/mol. The zero-order valence-corrected chi connectivity index (χ0v) is 19.5. The Hall–Kier alpha value is -2.02. The zero-order valence-electron chi connectivity index (χ0n) is 18.8. The molecule has 1 amide bonds. The van der Waals surface area contributed by atoms with Crippen molar-refractivity contribution in [3.63, 3.8) is 0 Å². The lowest BCUT2D eigenvalue weighted by atomic mass is 10.0. The molecule has 2 unspecified atom stereocenters. The summed E-state index contributed by atoms with van der Waals surface area (Å²) in [6, 6.07) is 10.2. The van der Waals surface area contributed by atoms with Crippen LogP contribution < -0.4 is 4.90 Å². The molecule has 2 aromatic rings. The third-order valence-corrected chi connectivity index (χ3v) is 6.73. The van der Waals surface area contributed by atoms with Gasteiger partial charge in [-0.05, 0) is 43.7 Å². The Kier molecular flexibility index (Phi) is 6.89. The van der Waals surface area contributed by atoms with Crippen molar-refractivity contribution >= 4 is 23.2 Å². The summed E-state index contributed by atoms with van der Waals surface area (Å²) in [5, 5.41) is 0.763. The normalized spacial score (nSPS) is 22.5. The van der Waals surface area contributed by atoms with Crippen molar-refractivity contribution in [2.75, 3.05) is 50.8 Å². The van der Waals surface area contributed by atoms with Crippen LogP contribution in [0.15, 0.2) is 36.5 Å². The van der Waals surface area contributed by atoms with Crippen LogP contribution in [-0.2, 0) is 11.8 Å². The van der Waals surface area contributed by atoms with E-state index in [2.05, 4.69) is 33.4 Å². The van der Waals surface area contributed by atoms with Crippen molar-refractivity contribution in [2.45, 2.75) is 32.4 Å². The average Bonchev–Trinajstić information content (AvgIpc) is 3.11. The Morgan fingerprint density at radius 1 is 1.06 bits per heavy atom. The van der Waals surface area contributed by atoms with Gasteiger partial charge in [-0.1, -0.05) is 18.5 Å². The van der Waals surface area contributed by atoms with Crippen molar-refractivity contribution < 1.29 is 9.53 Å². The number of aromatic nitrogens is 1. The standard InChI is InChI=1S/C24H33ClN4O2/c1-4-11-29-17-21(23(31-5-2)22-20(24(29)30)10-12-26(22)3)28-15-13-27(14-16-28)19-8-6-18(25)7-9-19/h6-10,12,21,23H,4-5,11,13-17H2,1-3H3. The van der Waals surface area contributed by atoms with Gasteiger partial charge in [0, 0.05) is 69.8 Å². The van der Waals surface area contributed by atoms with Gasteiger partial charge in [0.05, 0.1) is 17.3 Å². The number of fused-ring (bicyclic) bond motifs is 1. The summed E-state index contributed by atoms with van der Waals surface area (Å²) in [5.74, 6) is 0.129. The van der Waals surface area contributed by atoms with E-state index in [4.69, 9.17) is 16.3 Å². The van der Waals surface area contributed by atoms with Crippen LogP contribution in [0.5, 0.6) is 0 Å². The molecule has 1 saturated heterocycles. The van der Waals surface area contributed by atoms with E-state index < -0.39 is 0 Å². The molecule has 4 rings (SSSR count). The van der Waals surface area contributed by atoms with Gasteiger partial charge >= 0.3 is 0 Å². The van der Waals surface area contributed by atoms with E-state index in [1.54, 1.807) is 0 Å². The number of carbonyl (C=O) groups excluding carboxylic acids is 1. The van der Waals surface area contributed by atoms with Gasteiger partial charge in [-0.3, -0.25) is 9.69 Å². The number of rotatable bonds is 6.